The van der Waals surface area contributed by atoms with Gasteiger partial charge in [-0.25, -0.2) is 4.98 Å². The molecule has 1 aromatic heterocycles. The Bertz CT molecular complexity index is 902. The van der Waals surface area contributed by atoms with Crippen molar-refractivity contribution >= 4 is 0 Å². The maximum Gasteiger partial charge on any atom is 0.256 e. The van der Waals surface area contributed by atoms with Crippen molar-refractivity contribution in [2.75, 3.05) is 0 Å². The third-order valence-electron chi connectivity index (χ3n) is 4.60. The van der Waals surface area contributed by atoms with Gasteiger partial charge in [-0.2, -0.15) is 0 Å². The first-order valence-corrected chi connectivity index (χ1v) is 8.96. The van der Waals surface area contributed by atoms with E-state index in [-0.39, 0.29) is 17.5 Å². The first-order chi connectivity index (χ1) is 12.6. The van der Waals surface area contributed by atoms with E-state index < -0.39 is 0 Å². The normalized spacial score (nSPS) is 12.3. The standard InChI is InChI=1S/C22H25N3O/c1-16(2)19-15-24-21(25(3)22(19)26)20(18-12-8-5-9-13-18)23-14-17-10-6-4-7-11-17/h4-13,15-16,20,23H,14H2,1-3H3. The fourth-order valence-electron chi connectivity index (χ4n) is 3.06. The van der Waals surface area contributed by atoms with E-state index in [4.69, 9.17) is 0 Å². The molecule has 0 bridgehead atoms. The molecule has 0 amide bonds. The molecule has 0 fully saturated rings. The average Bonchev–Trinajstić information content (AvgIpc) is 2.66. The minimum absolute atomic E-state index is 0.0208. The second-order valence-electron chi connectivity index (χ2n) is 6.80. The first kappa shape index (κ1) is 18.1. The van der Waals surface area contributed by atoms with Crippen molar-refractivity contribution in [1.82, 2.24) is 14.9 Å². The van der Waals surface area contributed by atoms with Gasteiger partial charge in [0.1, 0.15) is 5.82 Å². The number of aromatic nitrogens is 2. The molecule has 1 N–H and O–H groups in total. The molecule has 3 rings (SSSR count). The highest BCUT2D eigenvalue weighted by molar-refractivity contribution is 5.27. The fraction of sp³-hybridized carbons (Fsp3) is 0.273. The first-order valence-electron chi connectivity index (χ1n) is 8.96. The topological polar surface area (TPSA) is 46.9 Å². The Morgan fingerprint density at radius 2 is 1.62 bits per heavy atom. The third-order valence-corrected chi connectivity index (χ3v) is 4.60. The smallest absolute Gasteiger partial charge is 0.256 e. The second kappa shape index (κ2) is 8.11. The lowest BCUT2D eigenvalue weighted by Gasteiger charge is -2.22. The number of benzene rings is 2. The molecule has 1 heterocycles. The highest BCUT2D eigenvalue weighted by Gasteiger charge is 2.20. The van der Waals surface area contributed by atoms with Crippen LogP contribution < -0.4 is 10.9 Å². The van der Waals surface area contributed by atoms with E-state index in [0.29, 0.717) is 6.54 Å². The summed E-state index contributed by atoms with van der Waals surface area (Å²) < 4.78 is 1.67. The molecule has 3 aromatic rings. The van der Waals surface area contributed by atoms with Crippen LogP contribution in [0.4, 0.5) is 0 Å². The molecule has 2 aromatic carbocycles. The molecular weight excluding hydrogens is 322 g/mol. The Kier molecular flexibility index (Phi) is 5.64. The van der Waals surface area contributed by atoms with Gasteiger partial charge in [0.05, 0.1) is 6.04 Å². The number of nitrogens with one attached hydrogen (secondary N) is 1. The number of hydrogen-bond acceptors (Lipinski definition) is 3. The minimum Gasteiger partial charge on any atom is -0.300 e. The quantitative estimate of drug-likeness (QED) is 0.738. The van der Waals surface area contributed by atoms with E-state index in [1.165, 1.54) is 5.56 Å². The zero-order valence-electron chi connectivity index (χ0n) is 15.5. The molecule has 1 atom stereocenters. The van der Waals surface area contributed by atoms with Crippen molar-refractivity contribution < 1.29 is 0 Å². The van der Waals surface area contributed by atoms with Crippen LogP contribution in [0.15, 0.2) is 71.7 Å². The van der Waals surface area contributed by atoms with Gasteiger partial charge < -0.3 is 0 Å². The van der Waals surface area contributed by atoms with Gasteiger partial charge in [-0.15, -0.1) is 0 Å². The summed E-state index contributed by atoms with van der Waals surface area (Å²) in [6.45, 7) is 4.73. The Labute approximate surface area is 154 Å². The van der Waals surface area contributed by atoms with Gasteiger partial charge in [0.2, 0.25) is 0 Å². The van der Waals surface area contributed by atoms with Crippen LogP contribution in [0.1, 0.15) is 48.3 Å². The molecule has 0 spiro atoms. The SMILES string of the molecule is CC(C)c1cnc(C(NCc2ccccc2)c2ccccc2)n(C)c1=O. The largest absolute Gasteiger partial charge is 0.300 e. The van der Waals surface area contributed by atoms with Gasteiger partial charge in [-0.3, -0.25) is 14.7 Å². The summed E-state index contributed by atoms with van der Waals surface area (Å²) in [6.07, 6.45) is 1.72. The number of nitrogens with zero attached hydrogens (tertiary/aromatic N) is 2. The Morgan fingerprint density at radius 1 is 1.00 bits per heavy atom. The molecule has 0 aliphatic carbocycles. The summed E-state index contributed by atoms with van der Waals surface area (Å²) in [6, 6.07) is 20.2. The van der Waals surface area contributed by atoms with Crippen LogP contribution >= 0.6 is 0 Å². The Morgan fingerprint density at radius 3 is 2.23 bits per heavy atom. The molecule has 1 unspecified atom stereocenters. The predicted molar refractivity (Wildman–Crippen MR) is 105 cm³/mol. The average molecular weight is 347 g/mol. The maximum atomic E-state index is 12.7. The van der Waals surface area contributed by atoms with Crippen LogP contribution in [0.3, 0.4) is 0 Å². The summed E-state index contributed by atoms with van der Waals surface area (Å²) in [4.78, 5) is 17.4. The fourth-order valence-corrected chi connectivity index (χ4v) is 3.06. The van der Waals surface area contributed by atoms with Gasteiger partial charge >= 0.3 is 0 Å². The number of hydrogen-bond donors (Lipinski definition) is 1. The van der Waals surface area contributed by atoms with Crippen LogP contribution in [0.2, 0.25) is 0 Å². The minimum atomic E-state index is -0.157. The zero-order valence-corrected chi connectivity index (χ0v) is 15.5. The second-order valence-corrected chi connectivity index (χ2v) is 6.80. The summed E-state index contributed by atoms with van der Waals surface area (Å²) in [5, 5.41) is 3.56. The van der Waals surface area contributed by atoms with Gasteiger partial charge in [-0.05, 0) is 17.0 Å². The van der Waals surface area contributed by atoms with E-state index in [2.05, 4.69) is 34.6 Å². The molecule has 4 nitrogen and oxygen atoms in total. The van der Waals surface area contributed by atoms with E-state index in [1.54, 1.807) is 17.8 Å². The zero-order chi connectivity index (χ0) is 18.5. The van der Waals surface area contributed by atoms with Crippen molar-refractivity contribution in [3.8, 4) is 0 Å². The molecule has 0 aliphatic heterocycles. The number of rotatable bonds is 6. The van der Waals surface area contributed by atoms with E-state index in [1.807, 2.05) is 50.2 Å². The summed E-state index contributed by atoms with van der Waals surface area (Å²) in [5.74, 6) is 0.879. The molecular formula is C22H25N3O. The Hall–Kier alpha value is -2.72. The third kappa shape index (κ3) is 3.92. The molecule has 0 saturated heterocycles. The summed E-state index contributed by atoms with van der Waals surface area (Å²) in [7, 11) is 1.80. The van der Waals surface area contributed by atoms with Crippen LogP contribution in [0.5, 0.6) is 0 Å². The highest BCUT2D eigenvalue weighted by atomic mass is 16.1. The lowest BCUT2D eigenvalue weighted by atomic mass is 10.0. The van der Waals surface area contributed by atoms with Crippen LogP contribution in [-0.2, 0) is 13.6 Å². The van der Waals surface area contributed by atoms with Crippen LogP contribution in [0, 0.1) is 0 Å². The lowest BCUT2D eigenvalue weighted by Crippen LogP contribution is -2.32. The van der Waals surface area contributed by atoms with E-state index in [0.717, 1.165) is 17.0 Å². The van der Waals surface area contributed by atoms with E-state index in [9.17, 15) is 4.79 Å². The van der Waals surface area contributed by atoms with Crippen molar-refractivity contribution in [2.45, 2.75) is 32.4 Å². The van der Waals surface area contributed by atoms with Gasteiger partial charge in [0.15, 0.2) is 0 Å². The predicted octanol–water partition coefficient (Wildman–Crippen LogP) is 3.78. The molecule has 26 heavy (non-hydrogen) atoms. The summed E-state index contributed by atoms with van der Waals surface area (Å²) in [5.41, 5.74) is 3.04. The van der Waals surface area contributed by atoms with Gasteiger partial charge in [-0.1, -0.05) is 74.5 Å². The Balaban J connectivity index is 1.99. The van der Waals surface area contributed by atoms with E-state index >= 15 is 0 Å². The maximum absolute atomic E-state index is 12.7. The van der Waals surface area contributed by atoms with Gasteiger partial charge in [0, 0.05) is 25.4 Å². The monoisotopic (exact) mass is 347 g/mol. The van der Waals surface area contributed by atoms with Crippen molar-refractivity contribution in [2.24, 2.45) is 7.05 Å². The molecule has 0 aliphatic rings. The molecule has 0 radical (unpaired) electrons. The molecule has 4 heteroatoms. The van der Waals surface area contributed by atoms with Crippen LogP contribution in [-0.4, -0.2) is 9.55 Å². The summed E-state index contributed by atoms with van der Waals surface area (Å²) >= 11 is 0. The molecule has 134 valence electrons. The lowest BCUT2D eigenvalue weighted by molar-refractivity contribution is 0.538. The van der Waals surface area contributed by atoms with Crippen molar-refractivity contribution in [3.63, 3.8) is 0 Å². The van der Waals surface area contributed by atoms with Gasteiger partial charge in [0.25, 0.3) is 5.56 Å². The van der Waals surface area contributed by atoms with Crippen molar-refractivity contribution in [1.29, 1.82) is 0 Å². The van der Waals surface area contributed by atoms with Crippen LogP contribution in [0.25, 0.3) is 0 Å². The highest BCUT2D eigenvalue weighted by Crippen LogP contribution is 2.21. The van der Waals surface area contributed by atoms with Crippen molar-refractivity contribution in [3.05, 3.63) is 99.7 Å². The molecule has 0 saturated carbocycles.